The molecule has 1 atom stereocenters. The highest BCUT2D eigenvalue weighted by Gasteiger charge is 2.15. The van der Waals surface area contributed by atoms with Gasteiger partial charge >= 0.3 is 0 Å². The van der Waals surface area contributed by atoms with E-state index in [-0.39, 0.29) is 0 Å². The van der Waals surface area contributed by atoms with E-state index < -0.39 is 0 Å². The lowest BCUT2D eigenvalue weighted by atomic mass is 10.3. The summed E-state index contributed by atoms with van der Waals surface area (Å²) < 4.78 is 0. The average molecular weight is 270 g/mol. The van der Waals surface area contributed by atoms with Gasteiger partial charge in [-0.15, -0.1) is 0 Å². The van der Waals surface area contributed by atoms with Crippen molar-refractivity contribution < 1.29 is 0 Å². The summed E-state index contributed by atoms with van der Waals surface area (Å²) >= 11 is 4.07. The first-order chi connectivity index (χ1) is 8.16. The third-order valence-electron chi connectivity index (χ3n) is 2.68. The Kier molecular flexibility index (Phi) is 4.39. The summed E-state index contributed by atoms with van der Waals surface area (Å²) in [5.74, 6) is 5.93. The molecular formula is C11H18N4S2. The summed E-state index contributed by atoms with van der Waals surface area (Å²) in [7, 11) is 0. The fraction of sp³-hybridized carbons (Fsp3) is 0.636. The van der Waals surface area contributed by atoms with Crippen molar-refractivity contribution >= 4 is 35.2 Å². The van der Waals surface area contributed by atoms with Crippen molar-refractivity contribution in [1.82, 2.24) is 9.97 Å². The second-order valence-electron chi connectivity index (χ2n) is 4.08. The second-order valence-corrected chi connectivity index (χ2v) is 6.64. The zero-order valence-electron chi connectivity index (χ0n) is 10.2. The SMILES string of the molecule is Cc1nc(N)c(C)c(NCC2CSCCS2)n1. The van der Waals surface area contributed by atoms with Gasteiger partial charge in [-0.05, 0) is 13.8 Å². The summed E-state index contributed by atoms with van der Waals surface area (Å²) in [6, 6.07) is 0. The molecule has 1 aliphatic rings. The van der Waals surface area contributed by atoms with E-state index in [0.29, 0.717) is 11.1 Å². The van der Waals surface area contributed by atoms with E-state index in [2.05, 4.69) is 15.3 Å². The minimum absolute atomic E-state index is 0.575. The molecule has 0 aromatic carbocycles. The first-order valence-corrected chi connectivity index (χ1v) is 7.91. The van der Waals surface area contributed by atoms with Crippen LogP contribution in [0.5, 0.6) is 0 Å². The van der Waals surface area contributed by atoms with Crippen LogP contribution in [0.15, 0.2) is 0 Å². The molecule has 1 fully saturated rings. The van der Waals surface area contributed by atoms with Gasteiger partial charge in [0.1, 0.15) is 17.5 Å². The summed E-state index contributed by atoms with van der Waals surface area (Å²) in [5, 5.41) is 4.07. The van der Waals surface area contributed by atoms with Gasteiger partial charge in [-0.25, -0.2) is 9.97 Å². The van der Waals surface area contributed by atoms with Gasteiger partial charge in [0.05, 0.1) is 0 Å². The van der Waals surface area contributed by atoms with Gasteiger partial charge in [0.2, 0.25) is 0 Å². The second kappa shape index (κ2) is 5.82. The molecule has 1 aromatic heterocycles. The number of hydrogen-bond donors (Lipinski definition) is 2. The minimum atomic E-state index is 0.575. The molecule has 1 aliphatic heterocycles. The predicted octanol–water partition coefficient (Wildman–Crippen LogP) is 1.94. The van der Waals surface area contributed by atoms with Crippen LogP contribution < -0.4 is 11.1 Å². The van der Waals surface area contributed by atoms with Crippen LogP contribution in [0.4, 0.5) is 11.6 Å². The van der Waals surface area contributed by atoms with Crippen molar-refractivity contribution in [3.05, 3.63) is 11.4 Å². The maximum atomic E-state index is 5.83. The van der Waals surface area contributed by atoms with Crippen LogP contribution in [0, 0.1) is 13.8 Å². The molecule has 0 saturated carbocycles. The van der Waals surface area contributed by atoms with Gasteiger partial charge in [-0.2, -0.15) is 23.5 Å². The van der Waals surface area contributed by atoms with Crippen LogP contribution in [0.1, 0.15) is 11.4 Å². The van der Waals surface area contributed by atoms with E-state index >= 15 is 0 Å². The maximum absolute atomic E-state index is 5.83. The molecular weight excluding hydrogens is 252 g/mol. The molecule has 1 unspecified atom stereocenters. The molecule has 0 aliphatic carbocycles. The smallest absolute Gasteiger partial charge is 0.134 e. The fourth-order valence-electron chi connectivity index (χ4n) is 1.69. The topological polar surface area (TPSA) is 63.8 Å². The molecule has 17 heavy (non-hydrogen) atoms. The molecule has 6 heteroatoms. The third-order valence-corrected chi connectivity index (χ3v) is 5.52. The predicted molar refractivity (Wildman–Crippen MR) is 78.0 cm³/mol. The van der Waals surface area contributed by atoms with Gasteiger partial charge < -0.3 is 11.1 Å². The highest BCUT2D eigenvalue weighted by molar-refractivity contribution is 8.06. The Morgan fingerprint density at radius 3 is 2.88 bits per heavy atom. The number of rotatable bonds is 3. The van der Waals surface area contributed by atoms with Crippen LogP contribution in [-0.2, 0) is 0 Å². The lowest BCUT2D eigenvalue weighted by molar-refractivity contribution is 0.966. The Labute approximate surface area is 111 Å². The van der Waals surface area contributed by atoms with E-state index in [4.69, 9.17) is 5.73 Å². The van der Waals surface area contributed by atoms with Crippen molar-refractivity contribution in [3.8, 4) is 0 Å². The molecule has 3 N–H and O–H groups in total. The number of aromatic nitrogens is 2. The molecule has 1 aromatic rings. The summed E-state index contributed by atoms with van der Waals surface area (Å²) in [6.07, 6.45) is 0. The van der Waals surface area contributed by atoms with Gasteiger partial charge in [-0.1, -0.05) is 0 Å². The number of thioether (sulfide) groups is 2. The first kappa shape index (κ1) is 12.8. The molecule has 1 saturated heterocycles. The van der Waals surface area contributed by atoms with Crippen molar-refractivity contribution in [2.75, 3.05) is 34.9 Å². The Morgan fingerprint density at radius 1 is 1.35 bits per heavy atom. The normalized spacial score (nSPS) is 20.2. The van der Waals surface area contributed by atoms with Crippen molar-refractivity contribution in [2.45, 2.75) is 19.1 Å². The number of anilines is 2. The largest absolute Gasteiger partial charge is 0.383 e. The molecule has 0 radical (unpaired) electrons. The van der Waals surface area contributed by atoms with Gasteiger partial charge in [0.25, 0.3) is 0 Å². The fourth-order valence-corrected chi connectivity index (χ4v) is 4.30. The molecule has 2 rings (SSSR count). The molecule has 0 bridgehead atoms. The number of nitrogens with zero attached hydrogens (tertiary/aromatic N) is 2. The van der Waals surface area contributed by atoms with Crippen molar-refractivity contribution in [1.29, 1.82) is 0 Å². The first-order valence-electron chi connectivity index (χ1n) is 5.70. The van der Waals surface area contributed by atoms with Crippen molar-refractivity contribution in [3.63, 3.8) is 0 Å². The molecule has 4 nitrogen and oxygen atoms in total. The summed E-state index contributed by atoms with van der Waals surface area (Å²) in [4.78, 5) is 8.55. The number of nitrogens with two attached hydrogens (primary N) is 1. The number of hydrogen-bond acceptors (Lipinski definition) is 6. The zero-order chi connectivity index (χ0) is 12.3. The van der Waals surface area contributed by atoms with Gasteiger partial charge in [0, 0.05) is 34.6 Å². The van der Waals surface area contributed by atoms with E-state index in [1.165, 1.54) is 17.3 Å². The quantitative estimate of drug-likeness (QED) is 0.875. The highest BCUT2D eigenvalue weighted by atomic mass is 32.2. The molecule has 94 valence electrons. The van der Waals surface area contributed by atoms with E-state index in [9.17, 15) is 0 Å². The van der Waals surface area contributed by atoms with E-state index in [0.717, 1.165) is 23.8 Å². The maximum Gasteiger partial charge on any atom is 0.134 e. The van der Waals surface area contributed by atoms with Gasteiger partial charge in [-0.3, -0.25) is 0 Å². The van der Waals surface area contributed by atoms with Crippen LogP contribution >= 0.6 is 23.5 Å². The van der Waals surface area contributed by atoms with Crippen LogP contribution in [0.25, 0.3) is 0 Å². The third kappa shape index (κ3) is 3.42. The molecule has 0 amide bonds. The Morgan fingerprint density at radius 2 is 2.18 bits per heavy atom. The Balaban J connectivity index is 1.98. The monoisotopic (exact) mass is 270 g/mol. The van der Waals surface area contributed by atoms with Crippen LogP contribution in [-0.4, -0.2) is 39.0 Å². The zero-order valence-corrected chi connectivity index (χ0v) is 11.8. The Bertz CT molecular complexity index is 391. The number of nitrogen functional groups attached to an aromatic ring is 1. The highest BCUT2D eigenvalue weighted by Crippen LogP contribution is 2.25. The Hall–Kier alpha value is -0.620. The summed E-state index contributed by atoms with van der Waals surface area (Å²) in [6.45, 7) is 4.78. The van der Waals surface area contributed by atoms with Gasteiger partial charge in [0.15, 0.2) is 0 Å². The number of nitrogens with one attached hydrogen (secondary N) is 1. The average Bonchev–Trinajstić information content (AvgIpc) is 2.33. The molecule has 2 heterocycles. The van der Waals surface area contributed by atoms with E-state index in [1.807, 2.05) is 37.4 Å². The number of aryl methyl sites for hydroxylation is 1. The molecule has 0 spiro atoms. The van der Waals surface area contributed by atoms with Crippen LogP contribution in [0.2, 0.25) is 0 Å². The standard InChI is InChI=1S/C11H18N4S2/c1-7-10(12)14-8(2)15-11(7)13-5-9-6-16-3-4-17-9/h9H,3-6H2,1-2H3,(H3,12,13,14,15). The lowest BCUT2D eigenvalue weighted by Gasteiger charge is -2.22. The minimum Gasteiger partial charge on any atom is -0.383 e. The van der Waals surface area contributed by atoms with E-state index in [1.54, 1.807) is 0 Å². The lowest BCUT2D eigenvalue weighted by Crippen LogP contribution is -2.24. The van der Waals surface area contributed by atoms with Crippen molar-refractivity contribution in [2.24, 2.45) is 0 Å². The van der Waals surface area contributed by atoms with Crippen LogP contribution in [0.3, 0.4) is 0 Å². The summed E-state index contributed by atoms with van der Waals surface area (Å²) in [5.41, 5.74) is 6.78.